The second-order valence-electron chi connectivity index (χ2n) is 7.42. The topological polar surface area (TPSA) is 50.4 Å². The molecule has 2 amide bonds. The van der Waals surface area contributed by atoms with E-state index in [-0.39, 0.29) is 12.1 Å². The van der Waals surface area contributed by atoms with Crippen LogP contribution in [0.1, 0.15) is 55.9 Å². The number of anilines is 1. The van der Waals surface area contributed by atoms with Crippen LogP contribution in [0.2, 0.25) is 0 Å². The first-order valence-electron chi connectivity index (χ1n) is 9.71. The van der Waals surface area contributed by atoms with Crippen LogP contribution in [-0.2, 0) is 6.42 Å². The predicted octanol–water partition coefficient (Wildman–Crippen LogP) is 5.58. The van der Waals surface area contributed by atoms with E-state index in [1.165, 1.54) is 0 Å². The number of benzene rings is 2. The van der Waals surface area contributed by atoms with Crippen LogP contribution in [0, 0.1) is 13.8 Å². The van der Waals surface area contributed by atoms with Crippen LogP contribution in [0.4, 0.5) is 10.5 Å². The third-order valence-electron chi connectivity index (χ3n) is 4.69. The average molecular weight is 369 g/mol. The summed E-state index contributed by atoms with van der Waals surface area (Å²) in [5.41, 5.74) is 5.44. The van der Waals surface area contributed by atoms with Crippen molar-refractivity contribution in [3.05, 3.63) is 58.7 Å². The van der Waals surface area contributed by atoms with E-state index >= 15 is 0 Å². The highest BCUT2D eigenvalue weighted by molar-refractivity contribution is 5.91. The van der Waals surface area contributed by atoms with E-state index in [0.717, 1.165) is 40.1 Å². The number of urea groups is 1. The van der Waals surface area contributed by atoms with Crippen LogP contribution in [0.3, 0.4) is 0 Å². The molecule has 0 aliphatic carbocycles. The summed E-state index contributed by atoms with van der Waals surface area (Å²) in [6.45, 7) is 12.8. The number of aryl methyl sites for hydroxylation is 3. The Kier molecular flexibility index (Phi) is 7.28. The molecule has 2 aromatic rings. The van der Waals surface area contributed by atoms with Crippen molar-refractivity contribution >= 4 is 11.7 Å². The molecule has 0 saturated heterocycles. The minimum atomic E-state index is -0.199. The zero-order valence-corrected chi connectivity index (χ0v) is 17.3. The lowest BCUT2D eigenvalue weighted by atomic mass is 9.96. The van der Waals surface area contributed by atoms with E-state index in [4.69, 9.17) is 4.74 Å². The van der Waals surface area contributed by atoms with Crippen LogP contribution < -0.4 is 15.4 Å². The van der Waals surface area contributed by atoms with E-state index < -0.39 is 0 Å². The van der Waals surface area contributed by atoms with E-state index in [2.05, 4.69) is 49.6 Å². The average Bonchev–Trinajstić information content (AvgIpc) is 2.61. The summed E-state index contributed by atoms with van der Waals surface area (Å²) < 4.78 is 5.94. The molecule has 27 heavy (non-hydrogen) atoms. The van der Waals surface area contributed by atoms with E-state index in [9.17, 15) is 4.79 Å². The molecule has 0 heterocycles. The smallest absolute Gasteiger partial charge is 0.319 e. The van der Waals surface area contributed by atoms with Crippen LogP contribution in [0.25, 0.3) is 0 Å². The fraction of sp³-hybridized carbons (Fsp3) is 0.435. The van der Waals surface area contributed by atoms with Crippen molar-refractivity contribution < 1.29 is 9.53 Å². The van der Waals surface area contributed by atoms with Crippen molar-refractivity contribution in [2.24, 2.45) is 0 Å². The standard InChI is InChI=1S/C23H32N2O2/c1-7-19-12-9-13-20(15(2)3)21(19)25-23(26)24-18(6)14-27-22-16(4)10-8-11-17(22)5/h8-13,15,18H,7,14H2,1-6H3,(H2,24,25,26). The summed E-state index contributed by atoms with van der Waals surface area (Å²) in [7, 11) is 0. The highest BCUT2D eigenvalue weighted by Crippen LogP contribution is 2.28. The number of ether oxygens (including phenoxy) is 1. The summed E-state index contributed by atoms with van der Waals surface area (Å²) >= 11 is 0. The van der Waals surface area contributed by atoms with Gasteiger partial charge in [0.25, 0.3) is 0 Å². The molecule has 0 radical (unpaired) electrons. The Balaban J connectivity index is 2.00. The fourth-order valence-corrected chi connectivity index (χ4v) is 3.20. The quantitative estimate of drug-likeness (QED) is 0.670. The molecule has 2 aromatic carbocycles. The summed E-state index contributed by atoms with van der Waals surface area (Å²) in [5, 5.41) is 6.04. The highest BCUT2D eigenvalue weighted by Gasteiger charge is 2.15. The molecule has 0 aliphatic rings. The van der Waals surface area contributed by atoms with E-state index in [0.29, 0.717) is 12.5 Å². The van der Waals surface area contributed by atoms with Crippen LogP contribution in [0.5, 0.6) is 5.75 Å². The maximum absolute atomic E-state index is 12.5. The minimum Gasteiger partial charge on any atom is -0.491 e. The molecule has 1 unspecified atom stereocenters. The Hall–Kier alpha value is -2.49. The third kappa shape index (κ3) is 5.49. The molecule has 146 valence electrons. The molecule has 4 heteroatoms. The number of hydrogen-bond acceptors (Lipinski definition) is 2. The van der Waals surface area contributed by atoms with Gasteiger partial charge in [-0.25, -0.2) is 4.79 Å². The molecule has 0 fully saturated rings. The molecular weight excluding hydrogens is 336 g/mol. The molecule has 0 aromatic heterocycles. The van der Waals surface area contributed by atoms with Crippen molar-refractivity contribution in [2.75, 3.05) is 11.9 Å². The number of amides is 2. The number of rotatable bonds is 7. The Morgan fingerprint density at radius 3 is 2.26 bits per heavy atom. The number of carbonyl (C=O) groups excluding carboxylic acids is 1. The van der Waals surface area contributed by atoms with Gasteiger partial charge in [-0.3, -0.25) is 0 Å². The molecule has 0 saturated carbocycles. The molecule has 2 N–H and O–H groups in total. The molecule has 4 nitrogen and oxygen atoms in total. The van der Waals surface area contributed by atoms with Gasteiger partial charge in [-0.15, -0.1) is 0 Å². The lowest BCUT2D eigenvalue weighted by molar-refractivity contribution is 0.236. The van der Waals surface area contributed by atoms with E-state index in [1.54, 1.807) is 0 Å². The van der Waals surface area contributed by atoms with Gasteiger partial charge < -0.3 is 15.4 Å². The first kappa shape index (κ1) is 20.8. The number of carbonyl (C=O) groups is 1. The molecule has 0 aliphatic heterocycles. The van der Waals surface area contributed by atoms with Gasteiger partial charge in [-0.2, -0.15) is 0 Å². The Bertz CT molecular complexity index is 764. The SMILES string of the molecule is CCc1cccc(C(C)C)c1NC(=O)NC(C)COc1c(C)cccc1C. The van der Waals surface area contributed by atoms with Gasteiger partial charge in [-0.1, -0.05) is 57.2 Å². The van der Waals surface area contributed by atoms with E-state index in [1.807, 2.05) is 39.0 Å². The first-order valence-corrected chi connectivity index (χ1v) is 9.71. The molecule has 2 rings (SSSR count). The summed E-state index contributed by atoms with van der Waals surface area (Å²) in [6, 6.07) is 12.0. The normalized spacial score (nSPS) is 12.0. The molecule has 1 atom stereocenters. The second kappa shape index (κ2) is 9.45. The number of para-hydroxylation sites is 2. The zero-order valence-electron chi connectivity index (χ0n) is 17.3. The second-order valence-corrected chi connectivity index (χ2v) is 7.42. The monoisotopic (exact) mass is 368 g/mol. The van der Waals surface area contributed by atoms with Crippen LogP contribution >= 0.6 is 0 Å². The van der Waals surface area contributed by atoms with Crippen molar-refractivity contribution in [3.63, 3.8) is 0 Å². The van der Waals surface area contributed by atoms with Crippen molar-refractivity contribution in [1.29, 1.82) is 0 Å². The lowest BCUT2D eigenvalue weighted by Gasteiger charge is -2.20. The van der Waals surface area contributed by atoms with Gasteiger partial charge in [0, 0.05) is 5.69 Å². The fourth-order valence-electron chi connectivity index (χ4n) is 3.20. The van der Waals surface area contributed by atoms with Crippen molar-refractivity contribution in [2.45, 2.75) is 59.9 Å². The Labute approximate surface area is 163 Å². The zero-order chi connectivity index (χ0) is 20.0. The van der Waals surface area contributed by atoms with Crippen LogP contribution in [0.15, 0.2) is 36.4 Å². The summed E-state index contributed by atoms with van der Waals surface area (Å²) in [6.07, 6.45) is 0.876. The molecule has 0 bridgehead atoms. The number of nitrogens with one attached hydrogen (secondary N) is 2. The molecule has 0 spiro atoms. The Morgan fingerprint density at radius 1 is 1.04 bits per heavy atom. The molecular formula is C23H32N2O2. The Morgan fingerprint density at radius 2 is 1.67 bits per heavy atom. The van der Waals surface area contributed by atoms with Gasteiger partial charge in [0.15, 0.2) is 0 Å². The first-order chi connectivity index (χ1) is 12.8. The summed E-state index contributed by atoms with van der Waals surface area (Å²) in [5.74, 6) is 1.24. The largest absolute Gasteiger partial charge is 0.491 e. The van der Waals surface area contributed by atoms with Crippen molar-refractivity contribution in [3.8, 4) is 5.75 Å². The van der Waals surface area contributed by atoms with Gasteiger partial charge in [0.05, 0.1) is 6.04 Å². The van der Waals surface area contributed by atoms with Crippen molar-refractivity contribution in [1.82, 2.24) is 5.32 Å². The van der Waals surface area contributed by atoms with Gasteiger partial charge >= 0.3 is 6.03 Å². The van der Waals surface area contributed by atoms with Gasteiger partial charge in [0.2, 0.25) is 0 Å². The third-order valence-corrected chi connectivity index (χ3v) is 4.69. The maximum atomic E-state index is 12.5. The maximum Gasteiger partial charge on any atom is 0.319 e. The summed E-state index contributed by atoms with van der Waals surface area (Å²) in [4.78, 5) is 12.5. The van der Waals surface area contributed by atoms with Gasteiger partial charge in [-0.05, 0) is 55.4 Å². The van der Waals surface area contributed by atoms with Gasteiger partial charge in [0.1, 0.15) is 12.4 Å². The lowest BCUT2D eigenvalue weighted by Crippen LogP contribution is -2.40. The number of hydrogen-bond donors (Lipinski definition) is 2. The highest BCUT2D eigenvalue weighted by atomic mass is 16.5. The van der Waals surface area contributed by atoms with Crippen LogP contribution in [-0.4, -0.2) is 18.7 Å². The predicted molar refractivity (Wildman–Crippen MR) is 113 cm³/mol. The minimum absolute atomic E-state index is 0.111.